The van der Waals surface area contributed by atoms with Crippen molar-refractivity contribution >= 4 is 29.2 Å². The van der Waals surface area contributed by atoms with Crippen molar-refractivity contribution in [1.29, 1.82) is 0 Å². The highest BCUT2D eigenvalue weighted by Crippen LogP contribution is 2.41. The summed E-state index contributed by atoms with van der Waals surface area (Å²) < 4.78 is 55.2. The number of aryl methyl sites for hydroxylation is 1. The van der Waals surface area contributed by atoms with Gasteiger partial charge in [-0.15, -0.1) is 0 Å². The largest absolute Gasteiger partial charge is 0.459 e. The van der Waals surface area contributed by atoms with Crippen molar-refractivity contribution in [2.24, 2.45) is 0 Å². The van der Waals surface area contributed by atoms with E-state index in [1.807, 2.05) is 0 Å². The zero-order valence-corrected chi connectivity index (χ0v) is 20.9. The van der Waals surface area contributed by atoms with Gasteiger partial charge in [0.2, 0.25) is 17.9 Å². The Hall–Kier alpha value is -4.32. The molecule has 0 aliphatic heterocycles. The summed E-state index contributed by atoms with van der Waals surface area (Å²) in [6, 6.07) is 11.3. The maximum atomic E-state index is 14.4. The van der Waals surface area contributed by atoms with Crippen molar-refractivity contribution in [2.75, 3.05) is 11.5 Å². The van der Waals surface area contributed by atoms with E-state index in [1.165, 1.54) is 41.2 Å². The zero-order valence-electron chi connectivity index (χ0n) is 20.2. The third-order valence-corrected chi connectivity index (χ3v) is 5.56. The van der Waals surface area contributed by atoms with E-state index < -0.39 is 24.1 Å². The molecule has 0 aliphatic carbocycles. The molecule has 0 unspecified atom stereocenters. The molecule has 0 bridgehead atoms. The molecule has 0 fully saturated rings. The lowest BCUT2D eigenvalue weighted by molar-refractivity contribution is -0.198. The highest BCUT2D eigenvalue weighted by Gasteiger charge is 2.45. The predicted molar refractivity (Wildman–Crippen MR) is 135 cm³/mol. The van der Waals surface area contributed by atoms with E-state index >= 15 is 0 Å². The Balaban J connectivity index is 1.80. The van der Waals surface area contributed by atoms with Crippen LogP contribution in [0.5, 0.6) is 11.6 Å². The molecule has 198 valence electrons. The molecule has 4 aromatic rings. The number of rotatable bonds is 7. The van der Waals surface area contributed by atoms with Crippen LogP contribution in [-0.4, -0.2) is 31.9 Å². The number of hydrogen-bond acceptors (Lipinski definition) is 8. The highest BCUT2D eigenvalue weighted by molar-refractivity contribution is 6.30. The van der Waals surface area contributed by atoms with Gasteiger partial charge in [-0.25, -0.2) is 9.67 Å². The van der Waals surface area contributed by atoms with Crippen molar-refractivity contribution in [1.82, 2.24) is 19.7 Å². The second-order valence-corrected chi connectivity index (χ2v) is 8.58. The van der Waals surface area contributed by atoms with Gasteiger partial charge in [0, 0.05) is 34.8 Å². The molecule has 0 amide bonds. The topological polar surface area (TPSA) is 131 Å². The predicted octanol–water partition coefficient (Wildman–Crippen LogP) is 5.45. The van der Waals surface area contributed by atoms with Crippen LogP contribution in [-0.2, 0) is 4.79 Å². The number of carbonyl (C=O) groups excluding carboxylic acids is 1. The molecule has 0 radical (unpaired) electrons. The monoisotopic (exact) mass is 546 g/mol. The van der Waals surface area contributed by atoms with Crippen LogP contribution in [0.15, 0.2) is 54.7 Å². The lowest BCUT2D eigenvalue weighted by Crippen LogP contribution is -2.28. The number of carbonyl (C=O) groups is 1. The van der Waals surface area contributed by atoms with Gasteiger partial charge in [-0.05, 0) is 37.3 Å². The fourth-order valence-corrected chi connectivity index (χ4v) is 3.78. The Bertz CT molecular complexity index is 1490. The molecule has 4 rings (SSSR count). The number of ether oxygens (including phenoxy) is 2. The molecule has 13 heteroatoms. The molecule has 1 atom stereocenters. The minimum atomic E-state index is -4.87. The quantitative estimate of drug-likeness (QED) is 0.178. The van der Waals surface area contributed by atoms with Crippen molar-refractivity contribution < 1.29 is 27.4 Å². The van der Waals surface area contributed by atoms with Crippen LogP contribution in [0, 0.1) is 6.92 Å². The summed E-state index contributed by atoms with van der Waals surface area (Å²) in [6.45, 7) is 3.30. The van der Waals surface area contributed by atoms with Gasteiger partial charge < -0.3 is 20.9 Å². The number of para-hydroxylation sites is 1. The summed E-state index contributed by atoms with van der Waals surface area (Å²) in [5.74, 6) is -1.41. The van der Waals surface area contributed by atoms with Gasteiger partial charge in [-0.2, -0.15) is 23.3 Å². The smallest absolute Gasteiger partial charge is 0.429 e. The highest BCUT2D eigenvalue weighted by atomic mass is 35.5. The Morgan fingerprint density at radius 2 is 1.89 bits per heavy atom. The molecule has 9 nitrogen and oxygen atoms in total. The maximum absolute atomic E-state index is 14.4. The Morgan fingerprint density at radius 1 is 1.13 bits per heavy atom. The normalized spacial score (nSPS) is 12.3. The van der Waals surface area contributed by atoms with Crippen LogP contribution in [0.4, 0.5) is 24.8 Å². The second kappa shape index (κ2) is 10.6. The van der Waals surface area contributed by atoms with Gasteiger partial charge in [0.05, 0.1) is 22.8 Å². The molecule has 0 aliphatic rings. The number of nitrogens with zero attached hydrogens (tertiary/aromatic N) is 4. The number of nitrogen functional groups attached to an aromatic ring is 2. The maximum Gasteiger partial charge on any atom is 0.429 e. The fourth-order valence-electron chi connectivity index (χ4n) is 3.61. The summed E-state index contributed by atoms with van der Waals surface area (Å²) in [5.41, 5.74) is 12.6. The standard InChI is InChI=1S/C25H22ClF3N6O3/c1-3-21(36)38-22-15(5-4-6-17(22)30)18-12-20(33-24(31)32-18)37-23(25(27,28)29)16-8-7-14(26)11-19(16)35-10-9-13(2)34-35/h4-12,23H,3,30H2,1-2H3,(H2,31,32,33)/t23-/m1/s1. The molecular formula is C25H22ClF3N6O3. The molecule has 2 aromatic carbocycles. The van der Waals surface area contributed by atoms with Crippen LogP contribution >= 0.6 is 11.6 Å². The molecule has 2 aromatic heterocycles. The van der Waals surface area contributed by atoms with E-state index in [2.05, 4.69) is 15.1 Å². The number of benzene rings is 2. The molecule has 0 saturated carbocycles. The van der Waals surface area contributed by atoms with Crippen molar-refractivity contribution in [3.8, 4) is 28.6 Å². The van der Waals surface area contributed by atoms with E-state index in [0.717, 1.165) is 6.07 Å². The molecule has 4 N–H and O–H groups in total. The summed E-state index contributed by atoms with van der Waals surface area (Å²) in [5, 5.41) is 4.42. The van der Waals surface area contributed by atoms with Crippen LogP contribution in [0.3, 0.4) is 0 Å². The number of aromatic nitrogens is 4. The number of anilines is 2. The number of alkyl halides is 3. The van der Waals surface area contributed by atoms with Crippen LogP contribution in [0.25, 0.3) is 16.9 Å². The number of halogens is 4. The minimum absolute atomic E-state index is 0.00943. The second-order valence-electron chi connectivity index (χ2n) is 8.15. The molecule has 0 saturated heterocycles. The SMILES string of the molecule is CCC(=O)Oc1c(N)cccc1-c1cc(O[C@H](c2ccc(Cl)cc2-n2ccc(C)n2)C(F)(F)F)nc(N)n1. The minimum Gasteiger partial charge on any atom is -0.459 e. The van der Waals surface area contributed by atoms with E-state index in [0.29, 0.717) is 5.69 Å². The van der Waals surface area contributed by atoms with Gasteiger partial charge in [0.15, 0.2) is 5.75 Å². The fraction of sp³-hybridized carbons (Fsp3) is 0.200. The van der Waals surface area contributed by atoms with E-state index in [-0.39, 0.29) is 51.3 Å². The lowest BCUT2D eigenvalue weighted by Gasteiger charge is -2.24. The van der Waals surface area contributed by atoms with Crippen LogP contribution in [0.1, 0.15) is 30.7 Å². The third-order valence-electron chi connectivity index (χ3n) is 5.33. The Kier molecular flexibility index (Phi) is 7.44. The average molecular weight is 547 g/mol. The van der Waals surface area contributed by atoms with Gasteiger partial charge in [-0.1, -0.05) is 30.7 Å². The van der Waals surface area contributed by atoms with Crippen LogP contribution in [0.2, 0.25) is 5.02 Å². The van der Waals surface area contributed by atoms with E-state index in [9.17, 15) is 18.0 Å². The van der Waals surface area contributed by atoms with Gasteiger partial charge in [0.25, 0.3) is 0 Å². The Morgan fingerprint density at radius 3 is 2.55 bits per heavy atom. The molecule has 2 heterocycles. The van der Waals surface area contributed by atoms with Gasteiger partial charge >= 0.3 is 12.1 Å². The number of nitrogens with two attached hydrogens (primary N) is 2. The van der Waals surface area contributed by atoms with Crippen LogP contribution < -0.4 is 20.9 Å². The molecule has 38 heavy (non-hydrogen) atoms. The summed E-state index contributed by atoms with van der Waals surface area (Å²) in [6.07, 6.45) is -5.76. The lowest BCUT2D eigenvalue weighted by atomic mass is 10.1. The molecular weight excluding hydrogens is 525 g/mol. The summed E-state index contributed by atoms with van der Waals surface area (Å²) in [7, 11) is 0. The summed E-state index contributed by atoms with van der Waals surface area (Å²) >= 11 is 6.09. The number of hydrogen-bond donors (Lipinski definition) is 2. The number of esters is 1. The van der Waals surface area contributed by atoms with Gasteiger partial charge in [0.1, 0.15) is 0 Å². The first kappa shape index (κ1) is 26.7. The van der Waals surface area contributed by atoms with Gasteiger partial charge in [-0.3, -0.25) is 4.79 Å². The summed E-state index contributed by atoms with van der Waals surface area (Å²) in [4.78, 5) is 19.9. The first-order valence-corrected chi connectivity index (χ1v) is 11.6. The van der Waals surface area contributed by atoms with E-state index in [1.54, 1.807) is 26.0 Å². The first-order chi connectivity index (χ1) is 18.0. The van der Waals surface area contributed by atoms with E-state index in [4.69, 9.17) is 32.5 Å². The van der Waals surface area contributed by atoms with Crippen molar-refractivity contribution in [3.63, 3.8) is 0 Å². The zero-order chi connectivity index (χ0) is 27.6. The average Bonchev–Trinajstić information content (AvgIpc) is 3.29. The third kappa shape index (κ3) is 5.80. The van der Waals surface area contributed by atoms with Crippen molar-refractivity contribution in [3.05, 3.63) is 71.0 Å². The van der Waals surface area contributed by atoms with Crippen molar-refractivity contribution in [2.45, 2.75) is 32.5 Å². The Labute approximate surface area is 220 Å². The molecule has 0 spiro atoms. The first-order valence-electron chi connectivity index (χ1n) is 11.3.